The number of nitrogens with zero attached hydrogens (tertiary/aromatic N) is 2. The van der Waals surface area contributed by atoms with E-state index in [1.165, 1.54) is 19.3 Å². The monoisotopic (exact) mass is 235 g/mol. The fourth-order valence-electron chi connectivity index (χ4n) is 2.00. The Labute approximate surface area is 103 Å². The number of rotatable bonds is 4. The molecule has 4 nitrogen and oxygen atoms in total. The first-order chi connectivity index (χ1) is 8.25. The Bertz CT molecular complexity index is 348. The van der Waals surface area contributed by atoms with Crippen molar-refractivity contribution in [1.82, 2.24) is 15.3 Å². The van der Waals surface area contributed by atoms with E-state index < -0.39 is 0 Å². The highest BCUT2D eigenvalue weighted by atomic mass is 16.5. The predicted molar refractivity (Wildman–Crippen MR) is 67.3 cm³/mol. The zero-order valence-electron chi connectivity index (χ0n) is 10.6. The summed E-state index contributed by atoms with van der Waals surface area (Å²) in [6.07, 6.45) is 5.35. The Hall–Kier alpha value is -1.16. The molecule has 4 heteroatoms. The second-order valence-corrected chi connectivity index (χ2v) is 4.89. The van der Waals surface area contributed by atoms with Gasteiger partial charge in [0.25, 0.3) is 0 Å². The molecule has 1 aromatic rings. The second-order valence-electron chi connectivity index (χ2n) is 4.89. The molecule has 2 heterocycles. The summed E-state index contributed by atoms with van der Waals surface area (Å²) < 4.78 is 5.72. The van der Waals surface area contributed by atoms with Crippen molar-refractivity contribution in [2.24, 2.45) is 0 Å². The summed E-state index contributed by atoms with van der Waals surface area (Å²) in [7, 11) is 0. The summed E-state index contributed by atoms with van der Waals surface area (Å²) in [4.78, 5) is 8.37. The lowest BCUT2D eigenvalue weighted by Gasteiger charge is -2.23. The molecule has 0 saturated carbocycles. The molecule has 0 radical (unpaired) electrons. The van der Waals surface area contributed by atoms with E-state index >= 15 is 0 Å². The molecule has 0 bridgehead atoms. The van der Waals surface area contributed by atoms with Crippen LogP contribution in [-0.2, 0) is 0 Å². The van der Waals surface area contributed by atoms with Gasteiger partial charge in [-0.05, 0) is 25.3 Å². The number of hydrogen-bond acceptors (Lipinski definition) is 4. The third kappa shape index (κ3) is 3.66. The standard InChI is InChI=1S/C13H21N3O/c1-10(2)12-7-13(16-9-15-12)17-8-11-5-3-4-6-14-11/h7,9-11,14H,3-6,8H2,1-2H3. The topological polar surface area (TPSA) is 47.0 Å². The first-order valence-corrected chi connectivity index (χ1v) is 6.44. The molecule has 0 amide bonds. The molecular formula is C13H21N3O. The first-order valence-electron chi connectivity index (χ1n) is 6.44. The Morgan fingerprint density at radius 2 is 2.29 bits per heavy atom. The van der Waals surface area contributed by atoms with Gasteiger partial charge in [0.05, 0.1) is 5.69 Å². The lowest BCUT2D eigenvalue weighted by Crippen LogP contribution is -2.38. The van der Waals surface area contributed by atoms with Gasteiger partial charge in [0.1, 0.15) is 12.9 Å². The van der Waals surface area contributed by atoms with Gasteiger partial charge in [-0.25, -0.2) is 9.97 Å². The molecule has 1 unspecified atom stereocenters. The third-order valence-corrected chi connectivity index (χ3v) is 3.10. The molecule has 1 fully saturated rings. The molecule has 1 aliphatic rings. The van der Waals surface area contributed by atoms with Gasteiger partial charge in [-0.3, -0.25) is 0 Å². The lowest BCUT2D eigenvalue weighted by molar-refractivity contribution is 0.231. The van der Waals surface area contributed by atoms with E-state index in [-0.39, 0.29) is 0 Å². The van der Waals surface area contributed by atoms with Crippen LogP contribution in [0.5, 0.6) is 5.88 Å². The molecule has 0 spiro atoms. The quantitative estimate of drug-likeness (QED) is 0.868. The van der Waals surface area contributed by atoms with Crippen LogP contribution in [0.1, 0.15) is 44.7 Å². The van der Waals surface area contributed by atoms with Crippen molar-refractivity contribution >= 4 is 0 Å². The van der Waals surface area contributed by atoms with Gasteiger partial charge >= 0.3 is 0 Å². The van der Waals surface area contributed by atoms with Crippen LogP contribution in [-0.4, -0.2) is 29.2 Å². The number of aromatic nitrogens is 2. The zero-order chi connectivity index (χ0) is 12.1. The maximum atomic E-state index is 5.72. The largest absolute Gasteiger partial charge is 0.476 e. The molecule has 1 aliphatic heterocycles. The van der Waals surface area contributed by atoms with Crippen LogP contribution in [0.3, 0.4) is 0 Å². The molecule has 1 atom stereocenters. The highest BCUT2D eigenvalue weighted by Gasteiger charge is 2.13. The van der Waals surface area contributed by atoms with Crippen molar-refractivity contribution in [3.05, 3.63) is 18.1 Å². The van der Waals surface area contributed by atoms with Gasteiger partial charge in [0.15, 0.2) is 0 Å². The van der Waals surface area contributed by atoms with Crippen LogP contribution in [0, 0.1) is 0 Å². The van der Waals surface area contributed by atoms with E-state index in [9.17, 15) is 0 Å². The van der Waals surface area contributed by atoms with E-state index in [1.54, 1.807) is 6.33 Å². The third-order valence-electron chi connectivity index (χ3n) is 3.10. The van der Waals surface area contributed by atoms with E-state index in [0.29, 0.717) is 24.4 Å². The van der Waals surface area contributed by atoms with Crippen molar-refractivity contribution in [2.75, 3.05) is 13.2 Å². The summed E-state index contributed by atoms with van der Waals surface area (Å²) in [6, 6.07) is 2.41. The fourth-order valence-corrected chi connectivity index (χ4v) is 2.00. The lowest BCUT2D eigenvalue weighted by atomic mass is 10.1. The van der Waals surface area contributed by atoms with Crippen molar-refractivity contribution in [3.8, 4) is 5.88 Å². The Morgan fingerprint density at radius 3 is 3.00 bits per heavy atom. The van der Waals surface area contributed by atoms with Gasteiger partial charge in [0, 0.05) is 12.1 Å². The van der Waals surface area contributed by atoms with Gasteiger partial charge in [-0.2, -0.15) is 0 Å². The molecule has 0 aliphatic carbocycles. The number of hydrogen-bond donors (Lipinski definition) is 1. The van der Waals surface area contributed by atoms with Gasteiger partial charge in [-0.1, -0.05) is 20.3 Å². The average molecular weight is 235 g/mol. The van der Waals surface area contributed by atoms with Crippen molar-refractivity contribution in [1.29, 1.82) is 0 Å². The predicted octanol–water partition coefficient (Wildman–Crippen LogP) is 2.12. The minimum Gasteiger partial charge on any atom is -0.476 e. The van der Waals surface area contributed by atoms with Crippen LogP contribution in [0.2, 0.25) is 0 Å². The Morgan fingerprint density at radius 1 is 1.41 bits per heavy atom. The average Bonchev–Trinajstić information content (AvgIpc) is 2.38. The van der Waals surface area contributed by atoms with Gasteiger partial charge in [0.2, 0.25) is 5.88 Å². The fraction of sp³-hybridized carbons (Fsp3) is 0.692. The SMILES string of the molecule is CC(C)c1cc(OCC2CCCCN2)ncn1. The van der Waals surface area contributed by atoms with Crippen LogP contribution < -0.4 is 10.1 Å². The van der Waals surface area contributed by atoms with E-state index in [1.807, 2.05) is 6.07 Å². The second kappa shape index (κ2) is 5.96. The highest BCUT2D eigenvalue weighted by Crippen LogP contribution is 2.16. The normalized spacial score (nSPS) is 20.5. The van der Waals surface area contributed by atoms with Gasteiger partial charge in [-0.15, -0.1) is 0 Å². The molecule has 17 heavy (non-hydrogen) atoms. The minimum absolute atomic E-state index is 0.410. The number of piperidine rings is 1. The smallest absolute Gasteiger partial charge is 0.216 e. The van der Waals surface area contributed by atoms with Crippen molar-refractivity contribution in [2.45, 2.75) is 45.1 Å². The van der Waals surface area contributed by atoms with Crippen LogP contribution in [0.15, 0.2) is 12.4 Å². The van der Waals surface area contributed by atoms with E-state index in [0.717, 1.165) is 12.2 Å². The first kappa shape index (κ1) is 12.3. The van der Waals surface area contributed by atoms with Crippen LogP contribution >= 0.6 is 0 Å². The molecule has 1 N–H and O–H groups in total. The summed E-state index contributed by atoms with van der Waals surface area (Å²) in [5.74, 6) is 1.10. The molecule has 1 saturated heterocycles. The van der Waals surface area contributed by atoms with Crippen LogP contribution in [0.4, 0.5) is 0 Å². The Balaban J connectivity index is 1.87. The summed E-state index contributed by atoms with van der Waals surface area (Å²) in [5.41, 5.74) is 1.03. The van der Waals surface area contributed by atoms with Gasteiger partial charge < -0.3 is 10.1 Å². The zero-order valence-corrected chi connectivity index (χ0v) is 10.6. The maximum Gasteiger partial charge on any atom is 0.216 e. The molecule has 94 valence electrons. The number of ether oxygens (including phenoxy) is 1. The summed E-state index contributed by atoms with van der Waals surface area (Å²) in [6.45, 7) is 6.05. The molecule has 1 aromatic heterocycles. The van der Waals surface area contributed by atoms with Crippen molar-refractivity contribution in [3.63, 3.8) is 0 Å². The number of nitrogens with one attached hydrogen (secondary N) is 1. The summed E-state index contributed by atoms with van der Waals surface area (Å²) in [5, 5.41) is 3.46. The summed E-state index contributed by atoms with van der Waals surface area (Å²) >= 11 is 0. The van der Waals surface area contributed by atoms with E-state index in [4.69, 9.17) is 4.74 Å². The highest BCUT2D eigenvalue weighted by molar-refractivity contribution is 5.16. The molecule has 2 rings (SSSR count). The van der Waals surface area contributed by atoms with Crippen LogP contribution in [0.25, 0.3) is 0 Å². The molecular weight excluding hydrogens is 214 g/mol. The van der Waals surface area contributed by atoms with E-state index in [2.05, 4.69) is 29.1 Å². The molecule has 0 aromatic carbocycles. The Kier molecular flexibility index (Phi) is 4.31. The van der Waals surface area contributed by atoms with Crippen molar-refractivity contribution < 1.29 is 4.74 Å². The minimum atomic E-state index is 0.410. The maximum absolute atomic E-state index is 5.72.